The first-order valence-electron chi connectivity index (χ1n) is 6.98. The quantitative estimate of drug-likeness (QED) is 0.946. The van der Waals surface area contributed by atoms with Gasteiger partial charge in [-0.25, -0.2) is 14.6 Å². The molecule has 0 aliphatic heterocycles. The minimum Gasteiger partial charge on any atom is -0.308 e. The highest BCUT2D eigenvalue weighted by molar-refractivity contribution is 6.31. The van der Waals surface area contributed by atoms with E-state index >= 15 is 0 Å². The Labute approximate surface area is 130 Å². The standard InChI is InChI=1S/C15H22ClN5/c1-9-12(8-18-15(4,5)6)7-17-14(19-9)21-11(3)13(16)10(2)20-21/h7,18H,8H2,1-6H3. The van der Waals surface area contributed by atoms with Crippen LogP contribution in [0.4, 0.5) is 0 Å². The predicted molar refractivity (Wildman–Crippen MR) is 85.0 cm³/mol. The zero-order valence-corrected chi connectivity index (χ0v) is 14.2. The van der Waals surface area contributed by atoms with Crippen LogP contribution in [-0.4, -0.2) is 25.3 Å². The van der Waals surface area contributed by atoms with Gasteiger partial charge < -0.3 is 5.32 Å². The smallest absolute Gasteiger partial charge is 0.251 e. The summed E-state index contributed by atoms with van der Waals surface area (Å²) in [6.07, 6.45) is 1.85. The molecule has 5 nitrogen and oxygen atoms in total. The summed E-state index contributed by atoms with van der Waals surface area (Å²) >= 11 is 6.17. The Morgan fingerprint density at radius 3 is 2.33 bits per heavy atom. The monoisotopic (exact) mass is 307 g/mol. The van der Waals surface area contributed by atoms with Crippen LogP contribution in [0.25, 0.3) is 5.95 Å². The summed E-state index contributed by atoms with van der Waals surface area (Å²) in [5.41, 5.74) is 3.73. The second-order valence-electron chi connectivity index (χ2n) is 6.28. The molecule has 0 aliphatic carbocycles. The lowest BCUT2D eigenvalue weighted by Crippen LogP contribution is -2.35. The van der Waals surface area contributed by atoms with Crippen molar-refractivity contribution in [3.63, 3.8) is 0 Å². The molecule has 0 saturated carbocycles. The molecule has 0 fully saturated rings. The maximum Gasteiger partial charge on any atom is 0.251 e. The van der Waals surface area contributed by atoms with Crippen molar-refractivity contribution in [2.24, 2.45) is 0 Å². The molecule has 0 atom stereocenters. The van der Waals surface area contributed by atoms with Crippen LogP contribution in [0.2, 0.25) is 5.02 Å². The van der Waals surface area contributed by atoms with Crippen molar-refractivity contribution in [3.05, 3.63) is 33.9 Å². The fourth-order valence-electron chi connectivity index (χ4n) is 1.93. The molecule has 0 spiro atoms. The molecule has 1 N–H and O–H groups in total. The second kappa shape index (κ2) is 5.73. The topological polar surface area (TPSA) is 55.6 Å². The lowest BCUT2D eigenvalue weighted by atomic mass is 10.1. The van der Waals surface area contributed by atoms with Crippen LogP contribution >= 0.6 is 11.6 Å². The number of aryl methyl sites for hydroxylation is 2. The van der Waals surface area contributed by atoms with E-state index in [2.05, 4.69) is 41.2 Å². The van der Waals surface area contributed by atoms with Crippen LogP contribution in [0.5, 0.6) is 0 Å². The first-order valence-corrected chi connectivity index (χ1v) is 7.36. The average Bonchev–Trinajstić information content (AvgIpc) is 2.64. The Morgan fingerprint density at radius 2 is 1.86 bits per heavy atom. The largest absolute Gasteiger partial charge is 0.308 e. The molecular weight excluding hydrogens is 286 g/mol. The van der Waals surface area contributed by atoms with E-state index in [1.54, 1.807) is 4.68 Å². The van der Waals surface area contributed by atoms with Gasteiger partial charge in [0.1, 0.15) is 0 Å². The zero-order chi connectivity index (χ0) is 15.8. The Balaban J connectivity index is 2.28. The zero-order valence-electron chi connectivity index (χ0n) is 13.5. The highest BCUT2D eigenvalue weighted by Crippen LogP contribution is 2.21. The van der Waals surface area contributed by atoms with Gasteiger partial charge in [-0.05, 0) is 41.5 Å². The summed E-state index contributed by atoms with van der Waals surface area (Å²) < 4.78 is 1.69. The molecule has 2 heterocycles. The van der Waals surface area contributed by atoms with Gasteiger partial charge in [-0.1, -0.05) is 11.6 Å². The molecule has 0 aliphatic rings. The van der Waals surface area contributed by atoms with Crippen molar-refractivity contribution in [2.45, 2.75) is 53.6 Å². The molecule has 2 rings (SSSR count). The van der Waals surface area contributed by atoms with Crippen molar-refractivity contribution in [2.75, 3.05) is 0 Å². The van der Waals surface area contributed by atoms with Gasteiger partial charge >= 0.3 is 0 Å². The van der Waals surface area contributed by atoms with Crippen molar-refractivity contribution >= 4 is 11.6 Å². The van der Waals surface area contributed by atoms with Crippen LogP contribution in [0.3, 0.4) is 0 Å². The van der Waals surface area contributed by atoms with Crippen LogP contribution in [0.1, 0.15) is 43.4 Å². The van der Waals surface area contributed by atoms with Crippen molar-refractivity contribution in [1.29, 1.82) is 0 Å². The minimum atomic E-state index is 0.0638. The van der Waals surface area contributed by atoms with E-state index in [1.807, 2.05) is 27.0 Å². The van der Waals surface area contributed by atoms with E-state index in [-0.39, 0.29) is 5.54 Å². The molecular formula is C15H22ClN5. The van der Waals surface area contributed by atoms with E-state index in [0.29, 0.717) is 11.0 Å². The van der Waals surface area contributed by atoms with Crippen molar-refractivity contribution in [3.8, 4) is 5.95 Å². The van der Waals surface area contributed by atoms with E-state index in [9.17, 15) is 0 Å². The van der Waals surface area contributed by atoms with Gasteiger partial charge in [-0.2, -0.15) is 5.10 Å². The molecule has 0 aromatic carbocycles. The molecule has 0 radical (unpaired) electrons. The molecule has 2 aromatic rings. The molecule has 0 amide bonds. The van der Waals surface area contributed by atoms with E-state index in [4.69, 9.17) is 11.6 Å². The summed E-state index contributed by atoms with van der Waals surface area (Å²) in [4.78, 5) is 8.97. The SMILES string of the molecule is Cc1nc(-n2nc(C)c(Cl)c2C)ncc1CNC(C)(C)C. The van der Waals surface area contributed by atoms with Gasteiger partial charge in [0, 0.05) is 29.5 Å². The van der Waals surface area contributed by atoms with Gasteiger partial charge in [0.15, 0.2) is 0 Å². The van der Waals surface area contributed by atoms with Gasteiger partial charge in [0.25, 0.3) is 5.95 Å². The van der Waals surface area contributed by atoms with Gasteiger partial charge in [0.2, 0.25) is 0 Å². The number of aromatic nitrogens is 4. The van der Waals surface area contributed by atoms with E-state index in [1.165, 1.54) is 0 Å². The summed E-state index contributed by atoms with van der Waals surface area (Å²) in [5.74, 6) is 0.555. The van der Waals surface area contributed by atoms with Gasteiger partial charge in [-0.15, -0.1) is 0 Å². The maximum absolute atomic E-state index is 6.17. The molecule has 114 valence electrons. The maximum atomic E-state index is 6.17. The Morgan fingerprint density at radius 1 is 1.19 bits per heavy atom. The molecule has 2 aromatic heterocycles. The Hall–Kier alpha value is -1.46. The van der Waals surface area contributed by atoms with E-state index in [0.717, 1.165) is 29.2 Å². The fourth-order valence-corrected chi connectivity index (χ4v) is 2.05. The number of hydrogen-bond donors (Lipinski definition) is 1. The van der Waals surface area contributed by atoms with Crippen LogP contribution in [-0.2, 0) is 6.54 Å². The highest BCUT2D eigenvalue weighted by Gasteiger charge is 2.14. The summed E-state index contributed by atoms with van der Waals surface area (Å²) in [7, 11) is 0. The minimum absolute atomic E-state index is 0.0638. The molecule has 21 heavy (non-hydrogen) atoms. The second-order valence-corrected chi connectivity index (χ2v) is 6.66. The molecule has 0 unspecified atom stereocenters. The van der Waals surface area contributed by atoms with Crippen molar-refractivity contribution < 1.29 is 0 Å². The third-order valence-electron chi connectivity index (χ3n) is 3.27. The number of nitrogens with zero attached hydrogens (tertiary/aromatic N) is 4. The summed E-state index contributed by atoms with van der Waals surface area (Å²) in [6, 6.07) is 0. The molecule has 6 heteroatoms. The van der Waals surface area contributed by atoms with Crippen LogP contribution < -0.4 is 5.32 Å². The lowest BCUT2D eigenvalue weighted by molar-refractivity contribution is 0.423. The Bertz CT molecular complexity index is 655. The molecule has 0 saturated heterocycles. The first-order chi connectivity index (χ1) is 9.69. The van der Waals surface area contributed by atoms with E-state index < -0.39 is 0 Å². The Kier molecular flexibility index (Phi) is 4.35. The first kappa shape index (κ1) is 15.9. The summed E-state index contributed by atoms with van der Waals surface area (Å²) in [6.45, 7) is 12.9. The van der Waals surface area contributed by atoms with Crippen LogP contribution in [0.15, 0.2) is 6.20 Å². The molecule has 0 bridgehead atoms. The van der Waals surface area contributed by atoms with Crippen molar-refractivity contribution in [1.82, 2.24) is 25.1 Å². The third kappa shape index (κ3) is 3.60. The van der Waals surface area contributed by atoms with Crippen LogP contribution in [0, 0.1) is 20.8 Å². The average molecular weight is 308 g/mol. The predicted octanol–water partition coefficient (Wildman–Crippen LogP) is 3.13. The number of hydrogen-bond acceptors (Lipinski definition) is 4. The third-order valence-corrected chi connectivity index (χ3v) is 3.82. The highest BCUT2D eigenvalue weighted by atomic mass is 35.5. The summed E-state index contributed by atoms with van der Waals surface area (Å²) in [5, 5.41) is 8.48. The normalized spacial score (nSPS) is 12.0. The van der Waals surface area contributed by atoms with Gasteiger partial charge in [0.05, 0.1) is 16.4 Å². The van der Waals surface area contributed by atoms with Gasteiger partial charge in [-0.3, -0.25) is 0 Å². The number of nitrogens with one attached hydrogen (secondary N) is 1. The fraction of sp³-hybridized carbons (Fsp3) is 0.533. The number of halogens is 1. The lowest BCUT2D eigenvalue weighted by Gasteiger charge is -2.21. The number of rotatable bonds is 3.